The zero-order valence-electron chi connectivity index (χ0n) is 17.3. The predicted molar refractivity (Wildman–Crippen MR) is 122 cm³/mol. The van der Waals surface area contributed by atoms with Crippen molar-refractivity contribution in [2.45, 2.75) is 19.4 Å². The van der Waals surface area contributed by atoms with Crippen LogP contribution in [0.1, 0.15) is 21.8 Å². The van der Waals surface area contributed by atoms with Gasteiger partial charge in [0.2, 0.25) is 0 Å². The number of rotatable bonds is 4. The zero-order chi connectivity index (χ0) is 20.8. The minimum atomic E-state index is -0.121. The van der Waals surface area contributed by atoms with Gasteiger partial charge in [0.1, 0.15) is 16.3 Å². The normalized spacial score (nSPS) is 16.8. The summed E-state index contributed by atoms with van der Waals surface area (Å²) in [5, 5.41) is 3.99. The second-order valence-corrected chi connectivity index (χ2v) is 9.08. The van der Waals surface area contributed by atoms with E-state index < -0.39 is 0 Å². The SMILES string of the molecule is Cc1cn2cc(NC(=O)c3cc4ccc(N5CC[C@H](N(C)C)C5)nc4s3)ccc2n1. The maximum Gasteiger partial charge on any atom is 0.265 e. The standard InChI is InChI=1S/C22H24N6OS/c1-14-11-28-12-16(5-7-19(28)23-14)24-21(29)18-10-15-4-6-20(25-22(15)30-18)27-9-8-17(13-27)26(2)3/h4-7,10-12,17H,8-9,13H2,1-3H3,(H,24,29)/t17-/m0/s1. The molecule has 8 heteroatoms. The quantitative estimate of drug-likeness (QED) is 0.546. The molecule has 4 aromatic rings. The summed E-state index contributed by atoms with van der Waals surface area (Å²) in [6.45, 7) is 3.95. The van der Waals surface area contributed by atoms with Crippen molar-refractivity contribution in [3.05, 3.63) is 53.3 Å². The fourth-order valence-corrected chi connectivity index (χ4v) is 4.87. The number of imidazole rings is 1. The number of carbonyl (C=O) groups excluding carboxylic acids is 1. The lowest BCUT2D eigenvalue weighted by Crippen LogP contribution is -2.31. The summed E-state index contributed by atoms with van der Waals surface area (Å²) in [7, 11) is 4.25. The highest BCUT2D eigenvalue weighted by Gasteiger charge is 2.25. The second-order valence-electron chi connectivity index (χ2n) is 8.05. The number of likely N-dealkylation sites (N-methyl/N-ethyl adjacent to an activating group) is 1. The van der Waals surface area contributed by atoms with E-state index in [-0.39, 0.29) is 5.91 Å². The van der Waals surface area contributed by atoms with E-state index in [9.17, 15) is 4.79 Å². The third-order valence-corrected chi connectivity index (χ3v) is 6.68. The van der Waals surface area contributed by atoms with E-state index in [4.69, 9.17) is 4.98 Å². The highest BCUT2D eigenvalue weighted by molar-refractivity contribution is 7.20. The zero-order valence-corrected chi connectivity index (χ0v) is 18.1. The van der Waals surface area contributed by atoms with E-state index in [1.165, 1.54) is 11.3 Å². The molecule has 5 rings (SSSR count). The molecular weight excluding hydrogens is 396 g/mol. The average Bonchev–Trinajstić information content (AvgIpc) is 3.44. The molecule has 0 aromatic carbocycles. The first-order chi connectivity index (χ1) is 14.5. The molecule has 0 saturated carbocycles. The van der Waals surface area contributed by atoms with Gasteiger partial charge >= 0.3 is 0 Å². The molecule has 1 fully saturated rings. The van der Waals surface area contributed by atoms with Gasteiger partial charge in [-0.15, -0.1) is 11.3 Å². The van der Waals surface area contributed by atoms with Gasteiger partial charge < -0.3 is 19.5 Å². The van der Waals surface area contributed by atoms with Crippen molar-refractivity contribution in [3.63, 3.8) is 0 Å². The van der Waals surface area contributed by atoms with Crippen molar-refractivity contribution in [1.82, 2.24) is 19.3 Å². The number of fused-ring (bicyclic) bond motifs is 2. The molecule has 0 spiro atoms. The number of nitrogens with zero attached hydrogens (tertiary/aromatic N) is 5. The lowest BCUT2D eigenvalue weighted by molar-refractivity contribution is 0.103. The van der Waals surface area contributed by atoms with Crippen molar-refractivity contribution in [3.8, 4) is 0 Å². The summed E-state index contributed by atoms with van der Waals surface area (Å²) < 4.78 is 1.92. The number of carbonyl (C=O) groups is 1. The van der Waals surface area contributed by atoms with Gasteiger partial charge in [-0.05, 0) is 57.8 Å². The fraction of sp³-hybridized carbons (Fsp3) is 0.318. The van der Waals surface area contributed by atoms with Crippen LogP contribution in [0.25, 0.3) is 15.9 Å². The van der Waals surface area contributed by atoms with Crippen molar-refractivity contribution in [1.29, 1.82) is 0 Å². The summed E-state index contributed by atoms with van der Waals surface area (Å²) in [5.74, 6) is 0.867. The maximum atomic E-state index is 12.8. The third-order valence-electron chi connectivity index (χ3n) is 5.64. The van der Waals surface area contributed by atoms with E-state index in [1.54, 1.807) is 0 Å². The number of hydrogen-bond acceptors (Lipinski definition) is 6. The number of aryl methyl sites for hydroxylation is 1. The number of amides is 1. The van der Waals surface area contributed by atoms with Gasteiger partial charge in [0, 0.05) is 36.9 Å². The molecule has 0 radical (unpaired) electrons. The number of anilines is 2. The topological polar surface area (TPSA) is 65.8 Å². The van der Waals surface area contributed by atoms with E-state index in [0.717, 1.165) is 52.6 Å². The van der Waals surface area contributed by atoms with Crippen molar-refractivity contribution < 1.29 is 4.79 Å². The Kier molecular flexibility index (Phi) is 4.67. The van der Waals surface area contributed by atoms with Crippen LogP contribution in [0.4, 0.5) is 11.5 Å². The van der Waals surface area contributed by atoms with Crippen molar-refractivity contribution in [2.24, 2.45) is 0 Å². The molecule has 4 aromatic heterocycles. The Morgan fingerprint density at radius 2 is 2.07 bits per heavy atom. The maximum absolute atomic E-state index is 12.8. The number of hydrogen-bond donors (Lipinski definition) is 1. The molecule has 7 nitrogen and oxygen atoms in total. The molecule has 30 heavy (non-hydrogen) atoms. The predicted octanol–water partition coefficient (Wildman–Crippen LogP) is 3.65. The molecule has 0 bridgehead atoms. The average molecular weight is 421 g/mol. The van der Waals surface area contributed by atoms with Crippen LogP contribution in [-0.2, 0) is 0 Å². The van der Waals surface area contributed by atoms with Crippen LogP contribution in [0.3, 0.4) is 0 Å². The molecular formula is C22H24N6OS. The van der Waals surface area contributed by atoms with E-state index in [2.05, 4.69) is 46.3 Å². The summed E-state index contributed by atoms with van der Waals surface area (Å²) in [4.78, 5) is 28.2. The van der Waals surface area contributed by atoms with Gasteiger partial charge in [-0.2, -0.15) is 0 Å². The van der Waals surface area contributed by atoms with Crippen LogP contribution in [0.2, 0.25) is 0 Å². The highest BCUT2D eigenvalue weighted by Crippen LogP contribution is 2.29. The Labute approximate surface area is 179 Å². The first kappa shape index (κ1) is 19.0. The van der Waals surface area contributed by atoms with Crippen LogP contribution < -0.4 is 10.2 Å². The molecule has 0 unspecified atom stereocenters. The Morgan fingerprint density at radius 3 is 2.87 bits per heavy atom. The van der Waals surface area contributed by atoms with E-state index in [1.807, 2.05) is 41.9 Å². The van der Waals surface area contributed by atoms with Gasteiger partial charge in [-0.1, -0.05) is 0 Å². The monoisotopic (exact) mass is 420 g/mol. The van der Waals surface area contributed by atoms with Crippen molar-refractivity contribution >= 4 is 44.6 Å². The summed E-state index contributed by atoms with van der Waals surface area (Å²) >= 11 is 1.43. The van der Waals surface area contributed by atoms with Crippen LogP contribution in [0.5, 0.6) is 0 Å². The smallest absolute Gasteiger partial charge is 0.265 e. The molecule has 0 aliphatic carbocycles. The number of thiophene rings is 1. The molecule has 1 aliphatic heterocycles. The van der Waals surface area contributed by atoms with E-state index in [0.29, 0.717) is 10.9 Å². The third kappa shape index (κ3) is 3.53. The largest absolute Gasteiger partial charge is 0.355 e. The molecule has 1 saturated heterocycles. The molecule has 1 N–H and O–H groups in total. The van der Waals surface area contributed by atoms with Gasteiger partial charge in [-0.3, -0.25) is 4.79 Å². The number of nitrogens with one attached hydrogen (secondary N) is 1. The molecule has 154 valence electrons. The minimum Gasteiger partial charge on any atom is -0.355 e. The Balaban J connectivity index is 1.35. The lowest BCUT2D eigenvalue weighted by atomic mass is 10.2. The molecule has 1 aliphatic rings. The molecule has 5 heterocycles. The van der Waals surface area contributed by atoms with Gasteiger partial charge in [0.15, 0.2) is 0 Å². The van der Waals surface area contributed by atoms with Gasteiger partial charge in [0.25, 0.3) is 5.91 Å². The molecule has 1 amide bonds. The van der Waals surface area contributed by atoms with Crippen LogP contribution in [0, 0.1) is 6.92 Å². The van der Waals surface area contributed by atoms with Crippen LogP contribution in [0.15, 0.2) is 42.7 Å². The number of aromatic nitrogens is 3. The Hall–Kier alpha value is -2.97. The first-order valence-corrected chi connectivity index (χ1v) is 10.9. The lowest BCUT2D eigenvalue weighted by Gasteiger charge is -2.21. The highest BCUT2D eigenvalue weighted by atomic mass is 32.1. The van der Waals surface area contributed by atoms with E-state index >= 15 is 0 Å². The van der Waals surface area contributed by atoms with Gasteiger partial charge in [0.05, 0.1) is 16.3 Å². The Bertz CT molecular complexity index is 1240. The minimum absolute atomic E-state index is 0.121. The van der Waals surface area contributed by atoms with Crippen LogP contribution >= 0.6 is 11.3 Å². The molecule has 1 atom stereocenters. The summed E-state index contributed by atoms with van der Waals surface area (Å²) in [6, 6.07) is 10.4. The van der Waals surface area contributed by atoms with Crippen molar-refractivity contribution in [2.75, 3.05) is 37.4 Å². The Morgan fingerprint density at radius 1 is 1.20 bits per heavy atom. The summed E-state index contributed by atoms with van der Waals surface area (Å²) in [5.41, 5.74) is 2.55. The second kappa shape index (κ2) is 7.37. The van der Waals surface area contributed by atoms with Crippen LogP contribution in [-0.4, -0.2) is 58.4 Å². The number of pyridine rings is 2. The first-order valence-electron chi connectivity index (χ1n) is 10.0. The van der Waals surface area contributed by atoms with Gasteiger partial charge in [-0.25, -0.2) is 9.97 Å². The fourth-order valence-electron chi connectivity index (χ4n) is 3.95. The summed E-state index contributed by atoms with van der Waals surface area (Å²) in [6.07, 6.45) is 4.96.